The van der Waals surface area contributed by atoms with Crippen molar-refractivity contribution in [3.8, 4) is 0 Å². The molecule has 1 fully saturated rings. The number of carbonyl (C=O) groups is 1. The lowest BCUT2D eigenvalue weighted by atomic mass is 10.2. The number of anilines is 1. The molecule has 1 saturated heterocycles. The molecular formula is C9H15N5O2S. The Morgan fingerprint density at radius 1 is 1.76 bits per heavy atom. The second-order valence-electron chi connectivity index (χ2n) is 3.76. The van der Waals surface area contributed by atoms with Gasteiger partial charge < -0.3 is 15.8 Å². The van der Waals surface area contributed by atoms with E-state index in [-0.39, 0.29) is 11.9 Å². The minimum Gasteiger partial charge on any atom is -0.388 e. The van der Waals surface area contributed by atoms with E-state index < -0.39 is 0 Å². The maximum atomic E-state index is 11.7. The fourth-order valence-electron chi connectivity index (χ4n) is 1.75. The molecule has 8 heteroatoms. The van der Waals surface area contributed by atoms with E-state index in [9.17, 15) is 4.79 Å². The lowest BCUT2D eigenvalue weighted by molar-refractivity contribution is -0.132. The summed E-state index contributed by atoms with van der Waals surface area (Å²) in [7, 11) is 1.62. The molecule has 3 N–H and O–H groups in total. The number of hydrogen-bond donors (Lipinski definition) is 2. The number of nitrogens with one attached hydrogen (secondary N) is 1. The zero-order valence-corrected chi connectivity index (χ0v) is 10.4. The standard InChI is InChI=1S/C9H15N5O2S/c1-11-9(15)7-5-16-3-2-14(7)4-6-8(10)17-13-12-6/h7H,2-5,10H2,1H3,(H,11,15). The first-order valence-corrected chi connectivity index (χ1v) is 6.09. The Morgan fingerprint density at radius 3 is 3.24 bits per heavy atom. The number of aromatic nitrogens is 2. The van der Waals surface area contributed by atoms with Gasteiger partial charge in [0.2, 0.25) is 5.91 Å². The number of likely N-dealkylation sites (N-methyl/N-ethyl adjacent to an activating group) is 1. The first-order chi connectivity index (χ1) is 8.22. The van der Waals surface area contributed by atoms with Gasteiger partial charge in [0.1, 0.15) is 16.7 Å². The smallest absolute Gasteiger partial charge is 0.239 e. The molecule has 17 heavy (non-hydrogen) atoms. The van der Waals surface area contributed by atoms with Crippen molar-refractivity contribution in [2.24, 2.45) is 0 Å². The highest BCUT2D eigenvalue weighted by Crippen LogP contribution is 2.17. The zero-order chi connectivity index (χ0) is 12.3. The van der Waals surface area contributed by atoms with Crippen molar-refractivity contribution in [2.75, 3.05) is 32.5 Å². The monoisotopic (exact) mass is 257 g/mol. The Hall–Kier alpha value is -1.25. The van der Waals surface area contributed by atoms with Gasteiger partial charge in [0.05, 0.1) is 13.2 Å². The Balaban J connectivity index is 2.06. The predicted molar refractivity (Wildman–Crippen MR) is 63.4 cm³/mol. The van der Waals surface area contributed by atoms with Gasteiger partial charge in [-0.3, -0.25) is 9.69 Å². The third-order valence-electron chi connectivity index (χ3n) is 2.73. The molecule has 1 amide bonds. The van der Waals surface area contributed by atoms with Gasteiger partial charge in [0.25, 0.3) is 0 Å². The van der Waals surface area contributed by atoms with Gasteiger partial charge >= 0.3 is 0 Å². The van der Waals surface area contributed by atoms with Crippen LogP contribution in [0.4, 0.5) is 5.00 Å². The van der Waals surface area contributed by atoms with Gasteiger partial charge in [-0.05, 0) is 0 Å². The number of carbonyl (C=O) groups excluding carboxylic acids is 1. The van der Waals surface area contributed by atoms with Gasteiger partial charge in [-0.25, -0.2) is 0 Å². The quantitative estimate of drug-likeness (QED) is 0.726. The van der Waals surface area contributed by atoms with Crippen LogP contribution in [0.2, 0.25) is 0 Å². The predicted octanol–water partition coefficient (Wildman–Crippen LogP) is -0.933. The summed E-state index contributed by atoms with van der Waals surface area (Å²) < 4.78 is 9.10. The maximum Gasteiger partial charge on any atom is 0.239 e. The molecule has 0 bridgehead atoms. The lowest BCUT2D eigenvalue weighted by Crippen LogP contribution is -2.52. The third-order valence-corrected chi connectivity index (χ3v) is 3.32. The van der Waals surface area contributed by atoms with Crippen molar-refractivity contribution in [3.05, 3.63) is 5.69 Å². The van der Waals surface area contributed by atoms with E-state index in [4.69, 9.17) is 10.5 Å². The Morgan fingerprint density at radius 2 is 2.59 bits per heavy atom. The van der Waals surface area contributed by atoms with Crippen molar-refractivity contribution < 1.29 is 9.53 Å². The molecule has 0 aromatic carbocycles. The molecule has 1 atom stereocenters. The normalized spacial score (nSPS) is 21.4. The summed E-state index contributed by atoms with van der Waals surface area (Å²) in [4.78, 5) is 13.7. The molecule has 0 aliphatic carbocycles. The summed E-state index contributed by atoms with van der Waals surface area (Å²) in [5, 5.41) is 7.20. The number of ether oxygens (including phenoxy) is 1. The number of rotatable bonds is 3. The van der Waals surface area contributed by atoms with Crippen LogP contribution in [0.3, 0.4) is 0 Å². The molecular weight excluding hydrogens is 242 g/mol. The first-order valence-electron chi connectivity index (χ1n) is 5.32. The SMILES string of the molecule is CNC(=O)C1COCCN1Cc1nnsc1N. The summed E-state index contributed by atoms with van der Waals surface area (Å²) in [5.74, 6) is -0.0496. The number of nitrogens with zero attached hydrogens (tertiary/aromatic N) is 3. The minimum absolute atomic E-state index is 0.0496. The molecule has 0 radical (unpaired) electrons. The Bertz CT molecular complexity index is 396. The van der Waals surface area contributed by atoms with Crippen LogP contribution in [0.25, 0.3) is 0 Å². The first kappa shape index (κ1) is 12.2. The molecule has 1 aliphatic rings. The zero-order valence-electron chi connectivity index (χ0n) is 9.55. The van der Waals surface area contributed by atoms with Crippen LogP contribution in [0, 0.1) is 0 Å². The summed E-state index contributed by atoms with van der Waals surface area (Å²) in [5.41, 5.74) is 6.47. The van der Waals surface area contributed by atoms with Crippen LogP contribution >= 0.6 is 11.5 Å². The second-order valence-corrected chi connectivity index (χ2v) is 4.55. The van der Waals surface area contributed by atoms with E-state index in [1.54, 1.807) is 7.05 Å². The van der Waals surface area contributed by atoms with Gasteiger partial charge in [-0.2, -0.15) is 0 Å². The highest BCUT2D eigenvalue weighted by Gasteiger charge is 2.29. The lowest BCUT2D eigenvalue weighted by Gasteiger charge is -2.33. The molecule has 1 aromatic heterocycles. The summed E-state index contributed by atoms with van der Waals surface area (Å²) >= 11 is 1.17. The van der Waals surface area contributed by atoms with Gasteiger partial charge in [-0.15, -0.1) is 5.10 Å². The number of nitrogens with two attached hydrogens (primary N) is 1. The van der Waals surface area contributed by atoms with Crippen molar-refractivity contribution >= 4 is 22.4 Å². The van der Waals surface area contributed by atoms with Gasteiger partial charge in [0, 0.05) is 31.7 Å². The van der Waals surface area contributed by atoms with E-state index >= 15 is 0 Å². The maximum absolute atomic E-state index is 11.7. The highest BCUT2D eigenvalue weighted by atomic mass is 32.1. The molecule has 2 rings (SSSR count). The average molecular weight is 257 g/mol. The number of amides is 1. The van der Waals surface area contributed by atoms with E-state index in [2.05, 4.69) is 14.9 Å². The van der Waals surface area contributed by atoms with Crippen LogP contribution in [0.1, 0.15) is 5.69 Å². The molecule has 1 unspecified atom stereocenters. The Kier molecular flexibility index (Phi) is 3.87. The topological polar surface area (TPSA) is 93.4 Å². The van der Waals surface area contributed by atoms with E-state index in [0.717, 1.165) is 5.69 Å². The van der Waals surface area contributed by atoms with Gasteiger partial charge in [0.15, 0.2) is 0 Å². The minimum atomic E-state index is -0.283. The van der Waals surface area contributed by atoms with Crippen molar-refractivity contribution in [3.63, 3.8) is 0 Å². The van der Waals surface area contributed by atoms with E-state index in [0.29, 0.717) is 31.3 Å². The summed E-state index contributed by atoms with van der Waals surface area (Å²) in [6.45, 7) is 2.24. The van der Waals surface area contributed by atoms with Crippen LogP contribution in [-0.2, 0) is 16.1 Å². The molecule has 0 saturated carbocycles. The fraction of sp³-hybridized carbons (Fsp3) is 0.667. The largest absolute Gasteiger partial charge is 0.388 e. The van der Waals surface area contributed by atoms with Crippen LogP contribution in [0.15, 0.2) is 0 Å². The molecule has 7 nitrogen and oxygen atoms in total. The highest BCUT2D eigenvalue weighted by molar-refractivity contribution is 7.09. The van der Waals surface area contributed by atoms with Crippen molar-refractivity contribution in [1.29, 1.82) is 0 Å². The van der Waals surface area contributed by atoms with Crippen LogP contribution < -0.4 is 11.1 Å². The Labute approximate surface area is 103 Å². The summed E-state index contributed by atoms with van der Waals surface area (Å²) in [6.07, 6.45) is 0. The van der Waals surface area contributed by atoms with Crippen LogP contribution in [-0.4, -0.2) is 53.2 Å². The van der Waals surface area contributed by atoms with Gasteiger partial charge in [-0.1, -0.05) is 4.49 Å². The molecule has 0 spiro atoms. The van der Waals surface area contributed by atoms with E-state index in [1.807, 2.05) is 4.90 Å². The van der Waals surface area contributed by atoms with Crippen molar-refractivity contribution in [2.45, 2.75) is 12.6 Å². The van der Waals surface area contributed by atoms with Crippen molar-refractivity contribution in [1.82, 2.24) is 19.8 Å². The fourth-order valence-corrected chi connectivity index (χ4v) is 2.19. The summed E-state index contributed by atoms with van der Waals surface area (Å²) in [6, 6.07) is -0.283. The number of nitrogen functional groups attached to an aromatic ring is 1. The molecule has 1 aliphatic heterocycles. The molecule has 94 valence electrons. The molecule has 2 heterocycles. The average Bonchev–Trinajstić information content (AvgIpc) is 2.75. The number of hydrogen-bond acceptors (Lipinski definition) is 7. The second kappa shape index (κ2) is 5.39. The molecule has 1 aromatic rings. The van der Waals surface area contributed by atoms with Crippen LogP contribution in [0.5, 0.6) is 0 Å². The third kappa shape index (κ3) is 2.71. The number of morpholine rings is 1. The van der Waals surface area contributed by atoms with E-state index in [1.165, 1.54) is 11.5 Å².